The van der Waals surface area contributed by atoms with E-state index in [0.29, 0.717) is 6.04 Å². The highest BCUT2D eigenvalue weighted by Crippen LogP contribution is 2.26. The molecule has 114 valence electrons. The molecule has 3 nitrogen and oxygen atoms in total. The van der Waals surface area contributed by atoms with Gasteiger partial charge in [0.15, 0.2) is 0 Å². The lowest BCUT2D eigenvalue weighted by Crippen LogP contribution is -2.49. The fourth-order valence-corrected chi connectivity index (χ4v) is 4.03. The van der Waals surface area contributed by atoms with Crippen LogP contribution in [0, 0.1) is 0 Å². The zero-order valence-corrected chi connectivity index (χ0v) is 14.0. The largest absolute Gasteiger partial charge is 0.310 e. The number of benzene rings is 1. The summed E-state index contributed by atoms with van der Waals surface area (Å²) in [4.78, 5) is 7.40. The van der Waals surface area contributed by atoms with E-state index in [0.717, 1.165) is 31.6 Å². The summed E-state index contributed by atoms with van der Waals surface area (Å²) in [5.41, 5.74) is 1.36. The number of nitrogens with one attached hydrogen (secondary N) is 1. The predicted octanol–water partition coefficient (Wildman–Crippen LogP) is 3.65. The van der Waals surface area contributed by atoms with E-state index in [1.807, 2.05) is 11.3 Å². The maximum absolute atomic E-state index is 4.80. The SMILES string of the molecule is CCC1(C)CN(Cc2nc3ccccc3s2)C(C)CCN1. The fraction of sp³-hybridized carbons (Fsp3) is 0.588. The highest BCUT2D eigenvalue weighted by Gasteiger charge is 2.30. The van der Waals surface area contributed by atoms with Crippen molar-refractivity contribution in [2.24, 2.45) is 0 Å². The van der Waals surface area contributed by atoms with Gasteiger partial charge in [-0.3, -0.25) is 4.90 Å². The summed E-state index contributed by atoms with van der Waals surface area (Å²) in [6.45, 7) is 10.1. The predicted molar refractivity (Wildman–Crippen MR) is 90.8 cm³/mol. The number of para-hydroxylation sites is 1. The molecule has 3 rings (SSSR count). The molecule has 2 atom stereocenters. The van der Waals surface area contributed by atoms with Crippen LogP contribution in [0.1, 0.15) is 38.6 Å². The van der Waals surface area contributed by atoms with Gasteiger partial charge in [0.25, 0.3) is 0 Å². The van der Waals surface area contributed by atoms with Crippen LogP contribution >= 0.6 is 11.3 Å². The van der Waals surface area contributed by atoms with Gasteiger partial charge in [-0.25, -0.2) is 4.98 Å². The standard InChI is InChI=1S/C17H25N3S/c1-4-17(3)12-20(13(2)9-10-18-17)11-16-19-14-7-5-6-8-15(14)21-16/h5-8,13,18H,4,9-12H2,1-3H3. The third-order valence-corrected chi connectivity index (χ3v) is 5.77. The molecule has 0 saturated carbocycles. The molecule has 0 amide bonds. The van der Waals surface area contributed by atoms with Crippen molar-refractivity contribution < 1.29 is 0 Å². The molecule has 0 aliphatic carbocycles. The van der Waals surface area contributed by atoms with Crippen LogP contribution in [0.25, 0.3) is 10.2 Å². The number of aromatic nitrogens is 1. The second-order valence-corrected chi connectivity index (χ2v) is 7.57. The van der Waals surface area contributed by atoms with E-state index >= 15 is 0 Å². The van der Waals surface area contributed by atoms with Gasteiger partial charge >= 0.3 is 0 Å². The molecular weight excluding hydrogens is 278 g/mol. The van der Waals surface area contributed by atoms with Crippen molar-refractivity contribution in [3.05, 3.63) is 29.3 Å². The van der Waals surface area contributed by atoms with E-state index < -0.39 is 0 Å². The molecule has 1 aliphatic heterocycles. The zero-order valence-electron chi connectivity index (χ0n) is 13.2. The molecule has 1 aliphatic rings. The first-order valence-electron chi connectivity index (χ1n) is 7.93. The Hall–Kier alpha value is -0.970. The quantitative estimate of drug-likeness (QED) is 0.938. The van der Waals surface area contributed by atoms with E-state index in [2.05, 4.69) is 55.3 Å². The van der Waals surface area contributed by atoms with Gasteiger partial charge in [-0.1, -0.05) is 19.1 Å². The Balaban J connectivity index is 1.80. The third kappa shape index (κ3) is 3.28. The Morgan fingerprint density at radius 2 is 2.24 bits per heavy atom. The molecule has 1 saturated heterocycles. The molecule has 4 heteroatoms. The van der Waals surface area contributed by atoms with Crippen molar-refractivity contribution in [2.75, 3.05) is 13.1 Å². The van der Waals surface area contributed by atoms with Gasteiger partial charge in [-0.2, -0.15) is 0 Å². The Bertz CT molecular complexity index is 576. The maximum Gasteiger partial charge on any atom is 0.108 e. The average molecular weight is 303 g/mol. The molecule has 0 bridgehead atoms. The molecule has 21 heavy (non-hydrogen) atoms. The molecule has 0 radical (unpaired) electrons. The average Bonchev–Trinajstić information content (AvgIpc) is 2.82. The summed E-state index contributed by atoms with van der Waals surface area (Å²) in [7, 11) is 0. The van der Waals surface area contributed by atoms with Crippen molar-refractivity contribution in [1.82, 2.24) is 15.2 Å². The fourth-order valence-electron chi connectivity index (χ4n) is 3.04. The van der Waals surface area contributed by atoms with Crippen LogP contribution in [-0.4, -0.2) is 34.6 Å². The van der Waals surface area contributed by atoms with Crippen LogP contribution in [0.3, 0.4) is 0 Å². The molecule has 0 spiro atoms. The Morgan fingerprint density at radius 1 is 1.43 bits per heavy atom. The first kappa shape index (κ1) is 14.9. The van der Waals surface area contributed by atoms with Crippen LogP contribution in [-0.2, 0) is 6.54 Å². The summed E-state index contributed by atoms with van der Waals surface area (Å²) in [5, 5.41) is 4.96. The van der Waals surface area contributed by atoms with Gasteiger partial charge in [0.05, 0.1) is 16.8 Å². The van der Waals surface area contributed by atoms with E-state index in [4.69, 9.17) is 4.98 Å². The van der Waals surface area contributed by atoms with Crippen molar-refractivity contribution in [3.63, 3.8) is 0 Å². The van der Waals surface area contributed by atoms with Crippen LogP contribution < -0.4 is 5.32 Å². The number of thiazole rings is 1. The number of nitrogens with zero attached hydrogens (tertiary/aromatic N) is 2. The molecule has 2 heterocycles. The van der Waals surface area contributed by atoms with Gasteiger partial charge in [-0.05, 0) is 45.4 Å². The van der Waals surface area contributed by atoms with E-state index in [1.54, 1.807) is 0 Å². The molecular formula is C17H25N3S. The van der Waals surface area contributed by atoms with Crippen LogP contribution in [0.2, 0.25) is 0 Å². The lowest BCUT2D eigenvalue weighted by Gasteiger charge is -2.34. The van der Waals surface area contributed by atoms with E-state index in [1.165, 1.54) is 16.1 Å². The summed E-state index contributed by atoms with van der Waals surface area (Å²) >= 11 is 1.83. The smallest absolute Gasteiger partial charge is 0.108 e. The molecule has 1 fully saturated rings. The van der Waals surface area contributed by atoms with Crippen molar-refractivity contribution in [2.45, 2.75) is 51.7 Å². The zero-order chi connectivity index (χ0) is 14.9. The van der Waals surface area contributed by atoms with Gasteiger partial charge in [0.1, 0.15) is 5.01 Å². The van der Waals surface area contributed by atoms with Crippen molar-refractivity contribution in [3.8, 4) is 0 Å². The molecule has 1 aromatic heterocycles. The lowest BCUT2D eigenvalue weighted by molar-refractivity contribution is 0.163. The van der Waals surface area contributed by atoms with Crippen LogP contribution in [0.15, 0.2) is 24.3 Å². The minimum absolute atomic E-state index is 0.224. The summed E-state index contributed by atoms with van der Waals surface area (Å²) in [5.74, 6) is 0. The lowest BCUT2D eigenvalue weighted by atomic mass is 9.98. The highest BCUT2D eigenvalue weighted by atomic mass is 32.1. The molecule has 2 unspecified atom stereocenters. The summed E-state index contributed by atoms with van der Waals surface area (Å²) in [6, 6.07) is 9.05. The molecule has 1 N–H and O–H groups in total. The first-order valence-corrected chi connectivity index (χ1v) is 8.75. The number of fused-ring (bicyclic) bond motifs is 1. The maximum atomic E-state index is 4.80. The summed E-state index contributed by atoms with van der Waals surface area (Å²) in [6.07, 6.45) is 2.37. The topological polar surface area (TPSA) is 28.2 Å². The van der Waals surface area contributed by atoms with Crippen LogP contribution in [0.4, 0.5) is 0 Å². The minimum Gasteiger partial charge on any atom is -0.310 e. The van der Waals surface area contributed by atoms with Crippen molar-refractivity contribution in [1.29, 1.82) is 0 Å². The minimum atomic E-state index is 0.224. The second-order valence-electron chi connectivity index (χ2n) is 6.46. The monoisotopic (exact) mass is 303 g/mol. The van der Waals surface area contributed by atoms with Gasteiger partial charge < -0.3 is 5.32 Å². The van der Waals surface area contributed by atoms with E-state index in [9.17, 15) is 0 Å². The Morgan fingerprint density at radius 3 is 3.00 bits per heavy atom. The van der Waals surface area contributed by atoms with E-state index in [-0.39, 0.29) is 5.54 Å². The van der Waals surface area contributed by atoms with Gasteiger partial charge in [0, 0.05) is 18.1 Å². The third-order valence-electron chi connectivity index (χ3n) is 4.75. The summed E-state index contributed by atoms with van der Waals surface area (Å²) < 4.78 is 1.30. The molecule has 2 aromatic rings. The normalized spacial score (nSPS) is 27.9. The Kier molecular flexibility index (Phi) is 4.29. The number of hydrogen-bond donors (Lipinski definition) is 1. The highest BCUT2D eigenvalue weighted by molar-refractivity contribution is 7.18. The molecule has 1 aromatic carbocycles. The Labute approximate surface area is 131 Å². The first-order chi connectivity index (χ1) is 10.1. The van der Waals surface area contributed by atoms with Gasteiger partial charge in [0.2, 0.25) is 0 Å². The van der Waals surface area contributed by atoms with Crippen LogP contribution in [0.5, 0.6) is 0 Å². The second kappa shape index (κ2) is 6.03. The van der Waals surface area contributed by atoms with Crippen molar-refractivity contribution >= 4 is 21.6 Å². The number of hydrogen-bond acceptors (Lipinski definition) is 4. The van der Waals surface area contributed by atoms with Gasteiger partial charge in [-0.15, -0.1) is 11.3 Å². The number of rotatable bonds is 3.